The van der Waals surface area contributed by atoms with Crippen LogP contribution in [-0.2, 0) is 0 Å². The summed E-state index contributed by atoms with van der Waals surface area (Å²) < 4.78 is 0. The Labute approximate surface area is 95.3 Å². The molecule has 3 aromatic rings. The SMILES string of the molecule is O=C(O)c1ccc(-c2[nH]nc3ncccc23)[nH]1. The van der Waals surface area contributed by atoms with E-state index in [0.717, 1.165) is 11.1 Å². The molecule has 3 N–H and O–H groups in total. The van der Waals surface area contributed by atoms with Crippen molar-refractivity contribution in [1.82, 2.24) is 20.2 Å². The lowest BCUT2D eigenvalue weighted by Gasteiger charge is -1.93. The molecule has 6 heteroatoms. The second-order valence-electron chi connectivity index (χ2n) is 3.56. The maximum atomic E-state index is 10.8. The molecule has 0 saturated carbocycles. The highest BCUT2D eigenvalue weighted by Crippen LogP contribution is 2.24. The number of hydrogen-bond donors (Lipinski definition) is 3. The third kappa shape index (κ3) is 1.46. The molecule has 0 atom stereocenters. The Morgan fingerprint density at radius 1 is 1.29 bits per heavy atom. The maximum absolute atomic E-state index is 10.8. The van der Waals surface area contributed by atoms with Crippen molar-refractivity contribution in [2.45, 2.75) is 0 Å². The van der Waals surface area contributed by atoms with Crippen LogP contribution in [0.4, 0.5) is 0 Å². The fourth-order valence-electron chi connectivity index (χ4n) is 1.72. The van der Waals surface area contributed by atoms with Crippen molar-refractivity contribution in [3.8, 4) is 11.4 Å². The van der Waals surface area contributed by atoms with E-state index in [1.165, 1.54) is 6.07 Å². The summed E-state index contributed by atoms with van der Waals surface area (Å²) in [5.74, 6) is -0.988. The van der Waals surface area contributed by atoms with Gasteiger partial charge in [-0.15, -0.1) is 0 Å². The Morgan fingerprint density at radius 2 is 2.18 bits per heavy atom. The van der Waals surface area contributed by atoms with Gasteiger partial charge in [0.2, 0.25) is 0 Å². The molecule has 0 amide bonds. The maximum Gasteiger partial charge on any atom is 0.352 e. The third-order valence-electron chi connectivity index (χ3n) is 2.52. The highest BCUT2D eigenvalue weighted by molar-refractivity contribution is 5.92. The molecule has 0 aliphatic carbocycles. The number of nitrogens with zero attached hydrogens (tertiary/aromatic N) is 2. The van der Waals surface area contributed by atoms with Gasteiger partial charge in [-0.05, 0) is 24.3 Å². The van der Waals surface area contributed by atoms with Crippen LogP contribution in [0.3, 0.4) is 0 Å². The Bertz CT molecular complexity index is 698. The Balaban J connectivity index is 2.17. The van der Waals surface area contributed by atoms with Crippen LogP contribution in [0.2, 0.25) is 0 Å². The number of carboxylic acids is 1. The predicted octanol–water partition coefficient (Wildman–Crippen LogP) is 1.65. The van der Waals surface area contributed by atoms with Crippen molar-refractivity contribution in [2.24, 2.45) is 0 Å². The van der Waals surface area contributed by atoms with Crippen molar-refractivity contribution in [2.75, 3.05) is 0 Å². The Morgan fingerprint density at radius 3 is 2.94 bits per heavy atom. The van der Waals surface area contributed by atoms with Crippen LogP contribution in [0.5, 0.6) is 0 Å². The summed E-state index contributed by atoms with van der Waals surface area (Å²) in [6, 6.07) is 6.90. The molecule has 0 aliphatic heterocycles. The average molecular weight is 228 g/mol. The quantitative estimate of drug-likeness (QED) is 0.621. The molecule has 84 valence electrons. The zero-order valence-electron chi connectivity index (χ0n) is 8.64. The zero-order valence-corrected chi connectivity index (χ0v) is 8.64. The van der Waals surface area contributed by atoms with Gasteiger partial charge in [-0.2, -0.15) is 5.10 Å². The molecule has 0 unspecified atom stereocenters. The first-order valence-corrected chi connectivity index (χ1v) is 4.97. The number of fused-ring (bicyclic) bond motifs is 1. The van der Waals surface area contributed by atoms with E-state index >= 15 is 0 Å². The Hall–Kier alpha value is -2.63. The molecule has 3 aromatic heterocycles. The van der Waals surface area contributed by atoms with Crippen molar-refractivity contribution >= 4 is 17.0 Å². The van der Waals surface area contributed by atoms with Gasteiger partial charge >= 0.3 is 5.97 Å². The van der Waals surface area contributed by atoms with Crippen molar-refractivity contribution in [3.63, 3.8) is 0 Å². The standard InChI is InChI=1S/C11H8N4O2/c16-11(17)8-4-3-7(13-8)9-6-2-1-5-12-10(6)15-14-9/h1-5,13H,(H,16,17)(H,12,14,15). The average Bonchev–Trinajstić information content (AvgIpc) is 2.95. The van der Waals surface area contributed by atoms with E-state index in [4.69, 9.17) is 5.11 Å². The first-order chi connectivity index (χ1) is 8.25. The molecular formula is C11H8N4O2. The normalized spacial score (nSPS) is 10.8. The summed E-state index contributed by atoms with van der Waals surface area (Å²) in [5, 5.41) is 16.6. The fraction of sp³-hybridized carbons (Fsp3) is 0. The molecule has 0 aliphatic rings. The second-order valence-corrected chi connectivity index (χ2v) is 3.56. The lowest BCUT2D eigenvalue weighted by Crippen LogP contribution is -1.95. The molecule has 0 fully saturated rings. The van der Waals surface area contributed by atoms with Gasteiger partial charge in [-0.25, -0.2) is 9.78 Å². The summed E-state index contributed by atoms with van der Waals surface area (Å²) in [6.45, 7) is 0. The first-order valence-electron chi connectivity index (χ1n) is 4.97. The number of aromatic amines is 2. The number of rotatable bonds is 2. The van der Waals surface area contributed by atoms with Crippen molar-refractivity contribution in [3.05, 3.63) is 36.2 Å². The third-order valence-corrected chi connectivity index (χ3v) is 2.52. The number of pyridine rings is 1. The number of aromatic nitrogens is 4. The second kappa shape index (κ2) is 3.44. The van der Waals surface area contributed by atoms with Gasteiger partial charge in [0.05, 0.1) is 11.4 Å². The molecule has 0 bridgehead atoms. The molecule has 17 heavy (non-hydrogen) atoms. The number of hydrogen-bond acceptors (Lipinski definition) is 3. The van der Waals surface area contributed by atoms with E-state index < -0.39 is 5.97 Å². The molecule has 0 spiro atoms. The predicted molar refractivity (Wildman–Crippen MR) is 60.6 cm³/mol. The number of carbonyl (C=O) groups is 1. The van der Waals surface area contributed by atoms with Crippen LogP contribution in [0.25, 0.3) is 22.4 Å². The van der Waals surface area contributed by atoms with E-state index in [9.17, 15) is 4.79 Å². The van der Waals surface area contributed by atoms with Gasteiger partial charge < -0.3 is 10.1 Å². The van der Waals surface area contributed by atoms with Crippen LogP contribution < -0.4 is 0 Å². The molecule has 6 nitrogen and oxygen atoms in total. The first kappa shape index (κ1) is 9.59. The highest BCUT2D eigenvalue weighted by Gasteiger charge is 2.11. The van der Waals surface area contributed by atoms with Gasteiger partial charge in [0.1, 0.15) is 5.69 Å². The highest BCUT2D eigenvalue weighted by atomic mass is 16.4. The Kier molecular flexibility index (Phi) is 1.94. The topological polar surface area (TPSA) is 94.7 Å². The van der Waals surface area contributed by atoms with Crippen molar-refractivity contribution in [1.29, 1.82) is 0 Å². The van der Waals surface area contributed by atoms with Crippen LogP contribution in [0, 0.1) is 0 Å². The van der Waals surface area contributed by atoms with Gasteiger partial charge in [-0.1, -0.05) is 0 Å². The van der Waals surface area contributed by atoms with E-state index in [1.807, 2.05) is 12.1 Å². The minimum atomic E-state index is -0.988. The zero-order chi connectivity index (χ0) is 11.8. The lowest BCUT2D eigenvalue weighted by molar-refractivity contribution is 0.0691. The smallest absolute Gasteiger partial charge is 0.352 e. The minimum absolute atomic E-state index is 0.145. The van der Waals surface area contributed by atoms with Gasteiger partial charge in [0.15, 0.2) is 5.65 Å². The molecular weight excluding hydrogens is 220 g/mol. The summed E-state index contributed by atoms with van der Waals surface area (Å²) >= 11 is 0. The van der Waals surface area contributed by atoms with E-state index in [-0.39, 0.29) is 5.69 Å². The van der Waals surface area contributed by atoms with Crippen molar-refractivity contribution < 1.29 is 9.90 Å². The summed E-state index contributed by atoms with van der Waals surface area (Å²) in [6.07, 6.45) is 1.66. The summed E-state index contributed by atoms with van der Waals surface area (Å²) in [5.41, 5.74) is 2.17. The molecule has 3 rings (SSSR count). The van der Waals surface area contributed by atoms with E-state index in [0.29, 0.717) is 11.3 Å². The molecule has 3 heterocycles. The van der Waals surface area contributed by atoms with Crippen LogP contribution >= 0.6 is 0 Å². The van der Waals surface area contributed by atoms with E-state index in [1.54, 1.807) is 12.3 Å². The van der Waals surface area contributed by atoms with Gasteiger partial charge in [0, 0.05) is 11.6 Å². The number of H-pyrrole nitrogens is 2. The monoisotopic (exact) mass is 228 g/mol. The summed E-state index contributed by atoms with van der Waals surface area (Å²) in [4.78, 5) is 17.7. The molecule has 0 radical (unpaired) electrons. The minimum Gasteiger partial charge on any atom is -0.477 e. The summed E-state index contributed by atoms with van der Waals surface area (Å²) in [7, 11) is 0. The lowest BCUT2D eigenvalue weighted by atomic mass is 10.2. The molecule has 0 saturated heterocycles. The van der Waals surface area contributed by atoms with Gasteiger partial charge in [0.25, 0.3) is 0 Å². The number of carboxylic acid groups (broad SMARTS) is 1. The van der Waals surface area contributed by atoms with Crippen LogP contribution in [0.15, 0.2) is 30.5 Å². The van der Waals surface area contributed by atoms with Crippen LogP contribution in [-0.4, -0.2) is 31.2 Å². The number of aromatic carboxylic acids is 1. The largest absolute Gasteiger partial charge is 0.477 e. The van der Waals surface area contributed by atoms with Gasteiger partial charge in [-0.3, -0.25) is 5.10 Å². The number of nitrogens with one attached hydrogen (secondary N) is 2. The van der Waals surface area contributed by atoms with Crippen LogP contribution in [0.1, 0.15) is 10.5 Å². The van der Waals surface area contributed by atoms with E-state index in [2.05, 4.69) is 20.2 Å². The molecule has 0 aromatic carbocycles. The fourth-order valence-corrected chi connectivity index (χ4v) is 1.72.